The molecule has 10 heteroatoms. The number of aryl methyl sites for hydroxylation is 1. The summed E-state index contributed by atoms with van der Waals surface area (Å²) >= 11 is 1.47. The van der Waals surface area contributed by atoms with E-state index in [0.717, 1.165) is 56.1 Å². The van der Waals surface area contributed by atoms with Crippen molar-refractivity contribution < 1.29 is 9.53 Å². The second-order valence-electron chi connectivity index (χ2n) is 5.94. The summed E-state index contributed by atoms with van der Waals surface area (Å²) < 4.78 is 9.13. The van der Waals surface area contributed by atoms with Gasteiger partial charge >= 0.3 is 5.97 Å². The molecule has 1 N–H and O–H groups in total. The molecule has 1 unspecified atom stereocenters. The highest BCUT2D eigenvalue weighted by molar-refractivity contribution is 14.0. The standard InChI is InChI=1S/C16H28N6O2S.HI/c1-5-13-19-16(25-20-13)22-9-7-21(8-10-22)15(17-6-2)18-11-12(3)14(23)24-4;/h12H,5-11H2,1-4H3,(H,17,18);1H. The van der Waals surface area contributed by atoms with E-state index in [4.69, 9.17) is 4.74 Å². The predicted octanol–water partition coefficient (Wildman–Crippen LogP) is 1.62. The Hall–Kier alpha value is -1.17. The van der Waals surface area contributed by atoms with Crippen LogP contribution in [0.1, 0.15) is 26.6 Å². The second-order valence-corrected chi connectivity index (χ2v) is 6.67. The Morgan fingerprint density at radius 2 is 2.04 bits per heavy atom. The SMILES string of the molecule is CCNC(=NCC(C)C(=O)OC)N1CCN(c2nc(CC)ns2)CC1.I. The number of ether oxygens (including phenoxy) is 1. The minimum Gasteiger partial charge on any atom is -0.469 e. The molecular formula is C16H29IN6O2S. The molecule has 26 heavy (non-hydrogen) atoms. The van der Waals surface area contributed by atoms with Crippen LogP contribution < -0.4 is 10.2 Å². The van der Waals surface area contributed by atoms with Gasteiger partial charge in [-0.1, -0.05) is 13.8 Å². The Kier molecular flexibility index (Phi) is 10.1. The van der Waals surface area contributed by atoms with E-state index in [1.165, 1.54) is 18.6 Å². The van der Waals surface area contributed by atoms with Crippen LogP contribution in [-0.2, 0) is 16.0 Å². The summed E-state index contributed by atoms with van der Waals surface area (Å²) in [5.41, 5.74) is 0. The number of guanidine groups is 1. The summed E-state index contributed by atoms with van der Waals surface area (Å²) in [5.74, 6) is 1.29. The van der Waals surface area contributed by atoms with Gasteiger partial charge in [-0.15, -0.1) is 24.0 Å². The normalized spacial score (nSPS) is 16.1. The summed E-state index contributed by atoms with van der Waals surface area (Å²) in [6.07, 6.45) is 0.867. The molecule has 1 aromatic heterocycles. The number of carbonyl (C=O) groups excluding carboxylic acids is 1. The first kappa shape index (κ1) is 22.9. The highest BCUT2D eigenvalue weighted by atomic mass is 127. The first-order valence-electron chi connectivity index (χ1n) is 8.77. The number of rotatable bonds is 6. The van der Waals surface area contributed by atoms with Gasteiger partial charge < -0.3 is 19.9 Å². The predicted molar refractivity (Wildman–Crippen MR) is 116 cm³/mol. The van der Waals surface area contributed by atoms with Gasteiger partial charge in [-0.05, 0) is 6.92 Å². The minimum absolute atomic E-state index is 0. The maximum Gasteiger partial charge on any atom is 0.310 e. The van der Waals surface area contributed by atoms with Crippen LogP contribution in [0.4, 0.5) is 5.13 Å². The van der Waals surface area contributed by atoms with Crippen LogP contribution in [0.2, 0.25) is 0 Å². The fourth-order valence-electron chi connectivity index (χ4n) is 2.55. The average Bonchev–Trinajstić information content (AvgIpc) is 3.13. The van der Waals surface area contributed by atoms with E-state index >= 15 is 0 Å². The molecule has 0 bridgehead atoms. The highest BCUT2D eigenvalue weighted by Crippen LogP contribution is 2.19. The number of carbonyl (C=O) groups is 1. The van der Waals surface area contributed by atoms with Crippen molar-refractivity contribution in [3.63, 3.8) is 0 Å². The molecule has 0 amide bonds. The van der Waals surface area contributed by atoms with E-state index in [9.17, 15) is 4.79 Å². The smallest absolute Gasteiger partial charge is 0.310 e. The Labute approximate surface area is 176 Å². The van der Waals surface area contributed by atoms with Gasteiger partial charge in [0.1, 0.15) is 5.82 Å². The van der Waals surface area contributed by atoms with Crippen molar-refractivity contribution in [1.82, 2.24) is 19.6 Å². The Morgan fingerprint density at radius 3 is 2.58 bits per heavy atom. The van der Waals surface area contributed by atoms with Crippen LogP contribution in [0.15, 0.2) is 4.99 Å². The third-order valence-electron chi connectivity index (χ3n) is 4.08. The van der Waals surface area contributed by atoms with Crippen LogP contribution >= 0.6 is 35.5 Å². The lowest BCUT2D eigenvalue weighted by molar-refractivity contribution is -0.144. The van der Waals surface area contributed by atoms with Gasteiger partial charge in [0.05, 0.1) is 19.6 Å². The molecule has 2 rings (SSSR count). The van der Waals surface area contributed by atoms with Crippen LogP contribution in [0, 0.1) is 5.92 Å². The highest BCUT2D eigenvalue weighted by Gasteiger charge is 2.22. The number of methoxy groups -OCH3 is 1. The molecule has 1 atom stereocenters. The van der Waals surface area contributed by atoms with E-state index in [0.29, 0.717) is 6.54 Å². The first-order valence-corrected chi connectivity index (χ1v) is 9.54. The van der Waals surface area contributed by atoms with E-state index in [-0.39, 0.29) is 35.9 Å². The molecular weight excluding hydrogens is 467 g/mol. The largest absolute Gasteiger partial charge is 0.469 e. The first-order chi connectivity index (χ1) is 12.1. The number of halogens is 1. The number of hydrogen-bond donors (Lipinski definition) is 1. The van der Waals surface area contributed by atoms with Crippen molar-refractivity contribution in [2.45, 2.75) is 27.2 Å². The molecule has 1 fully saturated rings. The van der Waals surface area contributed by atoms with Crippen LogP contribution in [0.5, 0.6) is 0 Å². The number of nitrogens with one attached hydrogen (secondary N) is 1. The molecule has 148 valence electrons. The number of nitrogens with zero attached hydrogens (tertiary/aromatic N) is 5. The van der Waals surface area contributed by atoms with Crippen molar-refractivity contribution >= 4 is 52.6 Å². The van der Waals surface area contributed by atoms with Gasteiger partial charge in [-0.25, -0.2) is 4.98 Å². The maximum absolute atomic E-state index is 11.5. The molecule has 0 radical (unpaired) electrons. The lowest BCUT2D eigenvalue weighted by Gasteiger charge is -2.36. The molecule has 1 saturated heterocycles. The van der Waals surface area contributed by atoms with E-state index in [1.807, 2.05) is 13.8 Å². The lowest BCUT2D eigenvalue weighted by Crippen LogP contribution is -2.52. The van der Waals surface area contributed by atoms with Gasteiger partial charge in [-0.2, -0.15) is 4.37 Å². The van der Waals surface area contributed by atoms with Gasteiger partial charge in [0.2, 0.25) is 5.13 Å². The third-order valence-corrected chi connectivity index (χ3v) is 4.89. The van der Waals surface area contributed by atoms with E-state index in [2.05, 4.69) is 36.4 Å². The van der Waals surface area contributed by atoms with Crippen molar-refractivity contribution in [3.8, 4) is 0 Å². The summed E-state index contributed by atoms with van der Waals surface area (Å²) in [7, 11) is 1.41. The topological polar surface area (TPSA) is 83.0 Å². The van der Waals surface area contributed by atoms with Crippen LogP contribution in [0.25, 0.3) is 0 Å². The Balaban J connectivity index is 0.00000338. The number of anilines is 1. The second kappa shape index (κ2) is 11.5. The number of aliphatic imine (C=N–C) groups is 1. The van der Waals surface area contributed by atoms with Gasteiger partial charge in [-0.3, -0.25) is 9.79 Å². The fourth-order valence-corrected chi connectivity index (χ4v) is 3.35. The average molecular weight is 496 g/mol. The van der Waals surface area contributed by atoms with Crippen molar-refractivity contribution in [1.29, 1.82) is 0 Å². The van der Waals surface area contributed by atoms with Crippen LogP contribution in [0.3, 0.4) is 0 Å². The van der Waals surface area contributed by atoms with Crippen molar-refractivity contribution in [2.75, 3.05) is 51.3 Å². The van der Waals surface area contributed by atoms with Gasteiger partial charge in [0.25, 0.3) is 0 Å². The molecule has 1 aliphatic heterocycles. The zero-order valence-electron chi connectivity index (χ0n) is 15.9. The molecule has 8 nitrogen and oxygen atoms in total. The zero-order valence-corrected chi connectivity index (χ0v) is 19.0. The minimum atomic E-state index is -0.242. The van der Waals surface area contributed by atoms with E-state index in [1.54, 1.807) is 0 Å². The zero-order chi connectivity index (χ0) is 18.2. The monoisotopic (exact) mass is 496 g/mol. The number of aromatic nitrogens is 2. The molecule has 0 aliphatic carbocycles. The lowest BCUT2D eigenvalue weighted by atomic mass is 10.2. The molecule has 0 spiro atoms. The third kappa shape index (κ3) is 6.22. The van der Waals surface area contributed by atoms with Gasteiger partial charge in [0, 0.05) is 50.7 Å². The molecule has 1 aliphatic rings. The molecule has 2 heterocycles. The van der Waals surface area contributed by atoms with E-state index < -0.39 is 0 Å². The number of piperazine rings is 1. The number of hydrogen-bond acceptors (Lipinski definition) is 7. The Bertz CT molecular complexity index is 589. The summed E-state index contributed by atoms with van der Waals surface area (Å²) in [4.78, 5) is 25.2. The molecule has 0 saturated carbocycles. The quantitative estimate of drug-likeness (QED) is 0.277. The summed E-state index contributed by atoms with van der Waals surface area (Å²) in [6, 6.07) is 0. The number of esters is 1. The van der Waals surface area contributed by atoms with Crippen molar-refractivity contribution in [3.05, 3.63) is 5.82 Å². The molecule has 0 aromatic carbocycles. The Morgan fingerprint density at radius 1 is 1.35 bits per heavy atom. The maximum atomic E-state index is 11.5. The van der Waals surface area contributed by atoms with Gasteiger partial charge in [0.15, 0.2) is 5.96 Å². The van der Waals surface area contributed by atoms with Crippen molar-refractivity contribution in [2.24, 2.45) is 10.9 Å². The van der Waals surface area contributed by atoms with Crippen LogP contribution in [-0.4, -0.2) is 72.6 Å². The fraction of sp³-hybridized carbons (Fsp3) is 0.750. The summed E-state index contributed by atoms with van der Waals surface area (Å²) in [6.45, 7) is 10.6. The summed E-state index contributed by atoms with van der Waals surface area (Å²) in [5, 5.41) is 4.31. The molecule has 1 aromatic rings.